The van der Waals surface area contributed by atoms with E-state index in [-0.39, 0.29) is 18.9 Å². The van der Waals surface area contributed by atoms with Crippen LogP contribution in [0.1, 0.15) is 11.5 Å². The van der Waals surface area contributed by atoms with Gasteiger partial charge in [0.25, 0.3) is 0 Å². The molecule has 1 amide bonds. The van der Waals surface area contributed by atoms with Crippen molar-refractivity contribution in [3.05, 3.63) is 60.0 Å². The van der Waals surface area contributed by atoms with Crippen LogP contribution in [0.15, 0.2) is 52.9 Å². The number of hydrogen-bond donors (Lipinski definition) is 1. The molecule has 0 bridgehead atoms. The van der Waals surface area contributed by atoms with Crippen molar-refractivity contribution in [2.45, 2.75) is 13.0 Å². The molecule has 3 aromatic rings. The first kappa shape index (κ1) is 14.1. The van der Waals surface area contributed by atoms with Gasteiger partial charge in [-0.3, -0.25) is 4.79 Å². The second kappa shape index (κ2) is 6.30. The molecule has 5 heteroatoms. The first-order chi connectivity index (χ1) is 10.7. The van der Waals surface area contributed by atoms with Crippen LogP contribution in [0.25, 0.3) is 11.1 Å². The van der Waals surface area contributed by atoms with Gasteiger partial charge in [0.15, 0.2) is 5.58 Å². The van der Waals surface area contributed by atoms with Gasteiger partial charge in [-0.2, -0.15) is 0 Å². The third kappa shape index (κ3) is 3.25. The molecule has 0 aliphatic carbocycles. The molecule has 0 aliphatic heterocycles. The molecule has 0 unspecified atom stereocenters. The summed E-state index contributed by atoms with van der Waals surface area (Å²) in [4.78, 5) is 16.3. The van der Waals surface area contributed by atoms with Gasteiger partial charge < -0.3 is 14.5 Å². The molecule has 0 aliphatic rings. The molecule has 1 heterocycles. The van der Waals surface area contributed by atoms with Gasteiger partial charge in [0, 0.05) is 0 Å². The number of para-hydroxylation sites is 2. The first-order valence-electron chi connectivity index (χ1n) is 6.98. The number of amides is 1. The highest BCUT2D eigenvalue weighted by atomic mass is 16.5. The Hall–Kier alpha value is -2.82. The minimum atomic E-state index is -0.0875. The molecule has 112 valence electrons. The van der Waals surface area contributed by atoms with E-state index < -0.39 is 0 Å². The number of rotatable bonds is 5. The van der Waals surface area contributed by atoms with Crippen molar-refractivity contribution in [3.63, 3.8) is 0 Å². The van der Waals surface area contributed by atoms with Gasteiger partial charge in [0.05, 0.1) is 20.1 Å². The van der Waals surface area contributed by atoms with Crippen LogP contribution in [0.4, 0.5) is 0 Å². The summed E-state index contributed by atoms with van der Waals surface area (Å²) < 4.78 is 10.7. The Bertz CT molecular complexity index is 762. The van der Waals surface area contributed by atoms with Crippen molar-refractivity contribution in [2.24, 2.45) is 0 Å². The number of ether oxygens (including phenoxy) is 1. The van der Waals surface area contributed by atoms with Crippen molar-refractivity contribution in [2.75, 3.05) is 7.11 Å². The van der Waals surface area contributed by atoms with Crippen molar-refractivity contribution in [3.8, 4) is 5.75 Å². The number of carbonyl (C=O) groups excluding carboxylic acids is 1. The molecule has 0 atom stereocenters. The molecule has 1 aromatic heterocycles. The molecule has 0 saturated carbocycles. The monoisotopic (exact) mass is 296 g/mol. The largest absolute Gasteiger partial charge is 0.497 e. The molecule has 0 spiro atoms. The third-order valence-corrected chi connectivity index (χ3v) is 3.27. The molecule has 0 saturated heterocycles. The highest BCUT2D eigenvalue weighted by Crippen LogP contribution is 2.15. The topological polar surface area (TPSA) is 64.4 Å². The SMILES string of the molecule is COc1cccc(CC(=O)NCc2nc3ccccc3o2)c1. The summed E-state index contributed by atoms with van der Waals surface area (Å²) in [5.41, 5.74) is 2.41. The van der Waals surface area contributed by atoms with Crippen molar-refractivity contribution in [1.29, 1.82) is 0 Å². The number of nitrogens with zero attached hydrogens (tertiary/aromatic N) is 1. The lowest BCUT2D eigenvalue weighted by Crippen LogP contribution is -2.24. The van der Waals surface area contributed by atoms with Crippen LogP contribution in [-0.2, 0) is 17.8 Å². The number of nitrogens with one attached hydrogen (secondary N) is 1. The van der Waals surface area contributed by atoms with Crippen LogP contribution < -0.4 is 10.1 Å². The Morgan fingerprint density at radius 1 is 1.23 bits per heavy atom. The zero-order valence-corrected chi connectivity index (χ0v) is 12.2. The Labute approximate surface area is 127 Å². The number of benzene rings is 2. The van der Waals surface area contributed by atoms with E-state index >= 15 is 0 Å². The summed E-state index contributed by atoms with van der Waals surface area (Å²) in [6.07, 6.45) is 0.289. The summed E-state index contributed by atoms with van der Waals surface area (Å²) in [5.74, 6) is 1.15. The van der Waals surface area contributed by atoms with Gasteiger partial charge in [0.1, 0.15) is 11.3 Å². The standard InChI is InChI=1S/C17H16N2O3/c1-21-13-6-4-5-12(9-13)10-16(20)18-11-17-19-14-7-2-3-8-15(14)22-17/h2-9H,10-11H2,1H3,(H,18,20). The quantitative estimate of drug-likeness (QED) is 0.786. The van der Waals surface area contributed by atoms with Crippen molar-refractivity contribution < 1.29 is 13.9 Å². The van der Waals surface area contributed by atoms with E-state index in [4.69, 9.17) is 9.15 Å². The molecule has 0 fully saturated rings. The molecule has 1 N–H and O–H groups in total. The predicted molar refractivity (Wildman–Crippen MR) is 82.6 cm³/mol. The molecule has 3 rings (SSSR count). The lowest BCUT2D eigenvalue weighted by atomic mass is 10.1. The highest BCUT2D eigenvalue weighted by molar-refractivity contribution is 5.78. The Morgan fingerprint density at radius 2 is 2.09 bits per heavy atom. The molecule has 5 nitrogen and oxygen atoms in total. The van der Waals surface area contributed by atoms with E-state index in [0.717, 1.165) is 22.4 Å². The van der Waals surface area contributed by atoms with E-state index in [1.807, 2.05) is 48.5 Å². The Balaban J connectivity index is 1.59. The summed E-state index contributed by atoms with van der Waals surface area (Å²) >= 11 is 0. The Kier molecular flexibility index (Phi) is 4.05. The van der Waals surface area contributed by atoms with Gasteiger partial charge in [-0.05, 0) is 29.8 Å². The lowest BCUT2D eigenvalue weighted by molar-refractivity contribution is -0.120. The minimum absolute atomic E-state index is 0.0875. The van der Waals surface area contributed by atoms with Gasteiger partial charge >= 0.3 is 0 Å². The highest BCUT2D eigenvalue weighted by Gasteiger charge is 2.08. The van der Waals surface area contributed by atoms with E-state index in [1.165, 1.54) is 0 Å². The maximum absolute atomic E-state index is 12.0. The molecule has 2 aromatic carbocycles. The number of hydrogen-bond acceptors (Lipinski definition) is 4. The van der Waals surface area contributed by atoms with E-state index in [2.05, 4.69) is 10.3 Å². The number of methoxy groups -OCH3 is 1. The fraction of sp³-hybridized carbons (Fsp3) is 0.176. The van der Waals surface area contributed by atoms with Crippen LogP contribution in [0, 0.1) is 0 Å². The second-order valence-corrected chi connectivity index (χ2v) is 4.88. The van der Waals surface area contributed by atoms with Gasteiger partial charge in [-0.25, -0.2) is 4.98 Å². The summed E-state index contributed by atoms with van der Waals surface area (Å²) in [7, 11) is 1.60. The van der Waals surface area contributed by atoms with Crippen LogP contribution in [0.5, 0.6) is 5.75 Å². The molecule has 22 heavy (non-hydrogen) atoms. The number of carbonyl (C=O) groups is 1. The normalized spacial score (nSPS) is 10.6. The van der Waals surface area contributed by atoms with E-state index in [1.54, 1.807) is 7.11 Å². The average molecular weight is 296 g/mol. The van der Waals surface area contributed by atoms with Crippen LogP contribution >= 0.6 is 0 Å². The van der Waals surface area contributed by atoms with Gasteiger partial charge in [-0.1, -0.05) is 24.3 Å². The number of fused-ring (bicyclic) bond motifs is 1. The second-order valence-electron chi connectivity index (χ2n) is 4.88. The zero-order valence-electron chi connectivity index (χ0n) is 12.2. The fourth-order valence-electron chi connectivity index (χ4n) is 2.20. The molecular weight excluding hydrogens is 280 g/mol. The predicted octanol–water partition coefficient (Wildman–Crippen LogP) is 2.70. The summed E-state index contributed by atoms with van der Waals surface area (Å²) in [6.45, 7) is 0.275. The average Bonchev–Trinajstić information content (AvgIpc) is 2.96. The Morgan fingerprint density at radius 3 is 2.91 bits per heavy atom. The van der Waals surface area contributed by atoms with Crippen LogP contribution in [-0.4, -0.2) is 18.0 Å². The summed E-state index contributed by atoms with van der Waals surface area (Å²) in [6, 6.07) is 15.0. The number of oxazole rings is 1. The van der Waals surface area contributed by atoms with Gasteiger partial charge in [-0.15, -0.1) is 0 Å². The fourth-order valence-corrected chi connectivity index (χ4v) is 2.20. The zero-order chi connectivity index (χ0) is 15.4. The summed E-state index contributed by atoms with van der Waals surface area (Å²) in [5, 5.41) is 2.81. The minimum Gasteiger partial charge on any atom is -0.497 e. The third-order valence-electron chi connectivity index (χ3n) is 3.27. The van der Waals surface area contributed by atoms with E-state index in [9.17, 15) is 4.79 Å². The van der Waals surface area contributed by atoms with Gasteiger partial charge in [0.2, 0.25) is 11.8 Å². The molecular formula is C17H16N2O3. The van der Waals surface area contributed by atoms with Crippen LogP contribution in [0.2, 0.25) is 0 Å². The molecule has 0 radical (unpaired) electrons. The number of aromatic nitrogens is 1. The lowest BCUT2D eigenvalue weighted by Gasteiger charge is -2.05. The smallest absolute Gasteiger partial charge is 0.224 e. The maximum Gasteiger partial charge on any atom is 0.224 e. The maximum atomic E-state index is 12.0. The van der Waals surface area contributed by atoms with E-state index in [0.29, 0.717) is 5.89 Å². The first-order valence-corrected chi connectivity index (χ1v) is 6.98. The van der Waals surface area contributed by atoms with Crippen LogP contribution in [0.3, 0.4) is 0 Å². The van der Waals surface area contributed by atoms with Crippen molar-refractivity contribution >= 4 is 17.0 Å². The van der Waals surface area contributed by atoms with Crippen molar-refractivity contribution in [1.82, 2.24) is 10.3 Å².